The number of nitrogens with zero attached hydrogens (tertiary/aromatic N) is 2. The molecular weight excluding hydrogens is 576 g/mol. The molecule has 0 aliphatic rings. The summed E-state index contributed by atoms with van der Waals surface area (Å²) in [6.45, 7) is 19.5. The third kappa shape index (κ3) is 8.99. The van der Waals surface area contributed by atoms with Gasteiger partial charge in [-0.2, -0.15) is 0 Å². The van der Waals surface area contributed by atoms with Gasteiger partial charge >= 0.3 is 0 Å². The summed E-state index contributed by atoms with van der Waals surface area (Å²) in [7, 11) is 0. The second-order valence-corrected chi connectivity index (χ2v) is 13.9. The predicted octanol–water partition coefficient (Wildman–Crippen LogP) is 10.3. The molecule has 5 rings (SSSR count). The molecule has 0 saturated heterocycles. The van der Waals surface area contributed by atoms with Gasteiger partial charge in [0.25, 0.3) is 5.56 Å². The molecule has 0 atom stereocenters. The van der Waals surface area contributed by atoms with Crippen molar-refractivity contribution >= 4 is 23.1 Å². The zero-order valence-electron chi connectivity index (χ0n) is 29.1. The van der Waals surface area contributed by atoms with E-state index in [0.29, 0.717) is 22.1 Å². The molecule has 4 nitrogen and oxygen atoms in total. The highest BCUT2D eigenvalue weighted by atomic mass is 16.3. The van der Waals surface area contributed by atoms with Crippen LogP contribution in [0.2, 0.25) is 0 Å². The molecule has 0 bridgehead atoms. The van der Waals surface area contributed by atoms with Crippen molar-refractivity contribution in [2.75, 3.05) is 0 Å². The lowest BCUT2D eigenvalue weighted by Crippen LogP contribution is -2.23. The normalized spacial score (nSPS) is 12.0. The van der Waals surface area contributed by atoms with E-state index >= 15 is 0 Å². The number of fused-ring (bicyclic) bond motifs is 1. The van der Waals surface area contributed by atoms with Gasteiger partial charge in [-0.1, -0.05) is 108 Å². The Hall–Kier alpha value is -5.14. The number of hydrogen-bond acceptors (Lipinski definition) is 3. The van der Waals surface area contributed by atoms with Gasteiger partial charge in [-0.25, -0.2) is 4.98 Å². The number of phenols is 1. The maximum Gasteiger partial charge on any atom is 0.266 e. The van der Waals surface area contributed by atoms with E-state index in [1.54, 1.807) is 22.8 Å². The molecular formula is C43H46N2O2. The number of hydrogen-bond donors (Lipinski definition) is 1. The fourth-order valence-corrected chi connectivity index (χ4v) is 4.87. The van der Waals surface area contributed by atoms with Gasteiger partial charge in [-0.15, -0.1) is 0 Å². The van der Waals surface area contributed by atoms with Gasteiger partial charge in [-0.05, 0) is 109 Å². The molecule has 5 aromatic rings. The van der Waals surface area contributed by atoms with Crippen LogP contribution in [-0.4, -0.2) is 14.7 Å². The average Bonchev–Trinajstić information content (AvgIpc) is 3.03. The molecule has 0 unspecified atom stereocenters. The Morgan fingerprint density at radius 1 is 0.809 bits per heavy atom. The van der Waals surface area contributed by atoms with Crippen LogP contribution in [-0.2, 0) is 5.41 Å². The molecule has 1 aromatic heterocycles. The van der Waals surface area contributed by atoms with Crippen molar-refractivity contribution in [3.8, 4) is 23.3 Å². The molecule has 240 valence electrons. The van der Waals surface area contributed by atoms with Crippen molar-refractivity contribution in [2.45, 2.75) is 67.7 Å². The number of phenolic OH excluding ortho intramolecular Hbond substituents is 1. The first-order valence-electron chi connectivity index (χ1n) is 16.0. The second-order valence-electron chi connectivity index (χ2n) is 13.9. The Kier molecular flexibility index (Phi) is 10.7. The number of rotatable bonds is 3. The molecule has 1 heterocycles. The summed E-state index contributed by atoms with van der Waals surface area (Å²) in [5.41, 5.74) is 8.11. The van der Waals surface area contributed by atoms with E-state index < -0.39 is 0 Å². The SMILES string of the molecule is C/C=C(\C)C(C)(C)C.Cc1cc(C#Cc2ccc(C(C)(C)C)cc2)ccc1-n1c(/C=C/c2ccc(O)cc2)nc2ccccc2c1=O. The van der Waals surface area contributed by atoms with E-state index in [0.717, 1.165) is 27.9 Å². The predicted molar refractivity (Wildman–Crippen MR) is 199 cm³/mol. The van der Waals surface area contributed by atoms with Gasteiger partial charge in [0.05, 0.1) is 16.6 Å². The highest BCUT2D eigenvalue weighted by molar-refractivity contribution is 5.80. The summed E-state index contributed by atoms with van der Waals surface area (Å²) in [6, 6.07) is 28.5. The zero-order valence-corrected chi connectivity index (χ0v) is 29.1. The summed E-state index contributed by atoms with van der Waals surface area (Å²) in [6.07, 6.45) is 5.88. The summed E-state index contributed by atoms with van der Waals surface area (Å²) >= 11 is 0. The fraction of sp³-hybridized carbons (Fsp3) is 0.256. The second kappa shape index (κ2) is 14.5. The monoisotopic (exact) mass is 622 g/mol. The summed E-state index contributed by atoms with van der Waals surface area (Å²) in [5.74, 6) is 7.24. The zero-order chi connectivity index (χ0) is 34.4. The van der Waals surface area contributed by atoms with Crippen LogP contribution in [0.1, 0.15) is 89.0 Å². The maximum atomic E-state index is 13.7. The Labute approximate surface area is 280 Å². The van der Waals surface area contributed by atoms with Crippen molar-refractivity contribution in [2.24, 2.45) is 5.41 Å². The van der Waals surface area contributed by atoms with Crippen molar-refractivity contribution in [1.29, 1.82) is 0 Å². The number of para-hydroxylation sites is 1. The summed E-state index contributed by atoms with van der Waals surface area (Å²) in [5, 5.41) is 10.2. The van der Waals surface area contributed by atoms with Crippen LogP contribution in [0.5, 0.6) is 5.75 Å². The molecule has 0 aliphatic heterocycles. The lowest BCUT2D eigenvalue weighted by Gasteiger charge is -2.18. The largest absolute Gasteiger partial charge is 0.508 e. The molecule has 1 N–H and O–H groups in total. The molecule has 0 amide bonds. The molecule has 47 heavy (non-hydrogen) atoms. The van der Waals surface area contributed by atoms with Gasteiger partial charge in [0, 0.05) is 11.1 Å². The van der Waals surface area contributed by atoms with Crippen LogP contribution in [0.15, 0.2) is 107 Å². The third-order valence-corrected chi connectivity index (χ3v) is 8.28. The number of allylic oxidation sites excluding steroid dienone is 2. The van der Waals surface area contributed by atoms with Crippen LogP contribution in [0.4, 0.5) is 0 Å². The van der Waals surface area contributed by atoms with Crippen molar-refractivity contribution < 1.29 is 5.11 Å². The van der Waals surface area contributed by atoms with Crippen LogP contribution in [0, 0.1) is 24.2 Å². The molecule has 4 aromatic carbocycles. The van der Waals surface area contributed by atoms with Gasteiger partial charge < -0.3 is 5.11 Å². The number of aromatic hydroxyl groups is 1. The minimum atomic E-state index is -0.133. The van der Waals surface area contributed by atoms with Crippen molar-refractivity contribution in [1.82, 2.24) is 9.55 Å². The van der Waals surface area contributed by atoms with Gasteiger partial charge in [0.1, 0.15) is 11.6 Å². The minimum absolute atomic E-state index is 0.104. The highest BCUT2D eigenvalue weighted by Gasteiger charge is 2.14. The maximum absolute atomic E-state index is 13.7. The number of benzene rings is 4. The average molecular weight is 623 g/mol. The van der Waals surface area contributed by atoms with Gasteiger partial charge in [-0.3, -0.25) is 9.36 Å². The van der Waals surface area contributed by atoms with Crippen LogP contribution >= 0.6 is 0 Å². The van der Waals surface area contributed by atoms with E-state index in [1.165, 1.54) is 11.1 Å². The standard InChI is InChI=1S/C35H30N2O2.C8H16/c1-24-23-27(10-9-25-11-17-28(18-12-25)35(2,3)4)15-21-32(24)37-33(22-16-26-13-19-29(38)20-14-26)36-31-8-6-5-7-30(31)34(37)39;1-6-7(2)8(3,4)5/h5-8,11-23,38H,1-4H3;6H,1-5H3/b22-16+;7-6+. The van der Waals surface area contributed by atoms with E-state index in [1.807, 2.05) is 67.6 Å². The topological polar surface area (TPSA) is 55.1 Å². The van der Waals surface area contributed by atoms with Crippen molar-refractivity contribution in [3.63, 3.8) is 0 Å². The summed E-state index contributed by atoms with van der Waals surface area (Å²) < 4.78 is 1.65. The van der Waals surface area contributed by atoms with E-state index in [4.69, 9.17) is 4.98 Å². The van der Waals surface area contributed by atoms with Crippen LogP contribution in [0.25, 0.3) is 28.7 Å². The van der Waals surface area contributed by atoms with E-state index in [-0.39, 0.29) is 16.7 Å². The van der Waals surface area contributed by atoms with Crippen LogP contribution in [0.3, 0.4) is 0 Å². The highest BCUT2D eigenvalue weighted by Crippen LogP contribution is 2.24. The molecule has 0 saturated carbocycles. The van der Waals surface area contributed by atoms with Gasteiger partial charge in [0.2, 0.25) is 0 Å². The molecule has 0 aliphatic carbocycles. The van der Waals surface area contributed by atoms with Gasteiger partial charge in [0.15, 0.2) is 0 Å². The first-order valence-corrected chi connectivity index (χ1v) is 16.0. The Morgan fingerprint density at radius 2 is 1.43 bits per heavy atom. The molecule has 0 radical (unpaired) electrons. The molecule has 0 fully saturated rings. The Balaban J connectivity index is 0.000000555. The quantitative estimate of drug-likeness (QED) is 0.161. The van der Waals surface area contributed by atoms with Crippen LogP contribution < -0.4 is 5.56 Å². The Bertz CT molecular complexity index is 2040. The first-order chi connectivity index (χ1) is 22.2. The lowest BCUT2D eigenvalue weighted by atomic mass is 9.87. The third-order valence-electron chi connectivity index (χ3n) is 8.28. The first kappa shape index (κ1) is 34.7. The minimum Gasteiger partial charge on any atom is -0.508 e. The number of aryl methyl sites for hydroxylation is 1. The van der Waals surface area contributed by atoms with E-state index in [9.17, 15) is 9.90 Å². The molecule has 0 spiro atoms. The van der Waals surface area contributed by atoms with Crippen molar-refractivity contribution in [3.05, 3.63) is 147 Å². The molecule has 4 heteroatoms. The fourth-order valence-electron chi connectivity index (χ4n) is 4.87. The lowest BCUT2D eigenvalue weighted by molar-refractivity contribution is 0.475. The Morgan fingerprint density at radius 3 is 2.00 bits per heavy atom. The smallest absolute Gasteiger partial charge is 0.266 e. The van der Waals surface area contributed by atoms with E-state index in [2.05, 4.69) is 97.6 Å². The number of aromatic nitrogens is 2. The summed E-state index contributed by atoms with van der Waals surface area (Å²) in [4.78, 5) is 18.5.